The minimum atomic E-state index is -0.547. The van der Waals surface area contributed by atoms with Gasteiger partial charge in [0.05, 0.1) is 5.41 Å². The van der Waals surface area contributed by atoms with Crippen molar-refractivity contribution in [2.24, 2.45) is 5.41 Å². The fourth-order valence-corrected chi connectivity index (χ4v) is 2.83. The molecule has 0 aliphatic carbocycles. The van der Waals surface area contributed by atoms with Crippen LogP contribution in [-0.4, -0.2) is 34.0 Å². The van der Waals surface area contributed by atoms with Gasteiger partial charge in [0.25, 0.3) is 0 Å². The molecular weight excluding hydrogens is 230 g/mol. The van der Waals surface area contributed by atoms with E-state index in [1.54, 1.807) is 0 Å². The molecule has 4 nitrogen and oxygen atoms in total. The SMILES string of the molecule is CCC1(CC)CC(=O)N(C(C)(CC)CCO)C1=O. The zero-order valence-electron chi connectivity index (χ0n) is 12.0. The highest BCUT2D eigenvalue weighted by Crippen LogP contribution is 2.43. The molecule has 0 spiro atoms. The van der Waals surface area contributed by atoms with Crippen molar-refractivity contribution in [3.05, 3.63) is 0 Å². The maximum atomic E-state index is 12.6. The van der Waals surface area contributed by atoms with Crippen LogP contribution >= 0.6 is 0 Å². The highest BCUT2D eigenvalue weighted by Gasteiger charge is 2.53. The van der Waals surface area contributed by atoms with E-state index in [9.17, 15) is 9.59 Å². The van der Waals surface area contributed by atoms with Gasteiger partial charge in [-0.3, -0.25) is 14.5 Å². The van der Waals surface area contributed by atoms with Crippen molar-refractivity contribution in [3.8, 4) is 0 Å². The minimum Gasteiger partial charge on any atom is -0.396 e. The number of hydrogen-bond donors (Lipinski definition) is 1. The van der Waals surface area contributed by atoms with Gasteiger partial charge in [0.15, 0.2) is 0 Å². The van der Waals surface area contributed by atoms with Crippen LogP contribution in [0.15, 0.2) is 0 Å². The predicted molar refractivity (Wildman–Crippen MR) is 69.9 cm³/mol. The van der Waals surface area contributed by atoms with E-state index in [0.29, 0.717) is 32.1 Å². The summed E-state index contributed by atoms with van der Waals surface area (Å²) in [6, 6.07) is 0. The molecule has 0 bridgehead atoms. The summed E-state index contributed by atoms with van der Waals surface area (Å²) in [4.78, 5) is 26.3. The van der Waals surface area contributed by atoms with Crippen LogP contribution in [0.3, 0.4) is 0 Å². The fourth-order valence-electron chi connectivity index (χ4n) is 2.83. The van der Waals surface area contributed by atoms with Crippen LogP contribution in [0.4, 0.5) is 0 Å². The lowest BCUT2D eigenvalue weighted by Gasteiger charge is -2.37. The van der Waals surface area contributed by atoms with E-state index in [2.05, 4.69) is 0 Å². The summed E-state index contributed by atoms with van der Waals surface area (Å²) in [6.45, 7) is 7.77. The molecule has 0 aromatic rings. The first-order valence-corrected chi connectivity index (χ1v) is 6.89. The van der Waals surface area contributed by atoms with E-state index in [1.807, 2.05) is 27.7 Å². The van der Waals surface area contributed by atoms with Gasteiger partial charge in [-0.05, 0) is 32.6 Å². The standard InChI is InChI=1S/C14H25NO3/c1-5-13(4,8-9-16)15-11(17)10-14(6-2,7-3)12(15)18/h16H,5-10H2,1-4H3. The number of amides is 2. The van der Waals surface area contributed by atoms with Gasteiger partial charge in [0.1, 0.15) is 0 Å². The molecule has 1 unspecified atom stereocenters. The van der Waals surface area contributed by atoms with E-state index >= 15 is 0 Å². The van der Waals surface area contributed by atoms with Gasteiger partial charge in [-0.15, -0.1) is 0 Å². The van der Waals surface area contributed by atoms with Crippen molar-refractivity contribution >= 4 is 11.8 Å². The molecule has 1 N–H and O–H groups in total. The number of aliphatic hydroxyl groups excluding tert-OH is 1. The van der Waals surface area contributed by atoms with Crippen LogP contribution in [0.1, 0.15) is 59.8 Å². The van der Waals surface area contributed by atoms with E-state index in [1.165, 1.54) is 4.90 Å². The minimum absolute atomic E-state index is 0.00729. The van der Waals surface area contributed by atoms with Crippen molar-refractivity contribution in [1.29, 1.82) is 0 Å². The maximum Gasteiger partial charge on any atom is 0.236 e. The molecule has 0 aromatic heterocycles. The summed E-state index contributed by atoms with van der Waals surface area (Å²) in [5, 5.41) is 9.16. The fraction of sp³-hybridized carbons (Fsp3) is 0.857. The number of nitrogens with zero attached hydrogens (tertiary/aromatic N) is 1. The summed E-state index contributed by atoms with van der Waals surface area (Å²) in [7, 11) is 0. The monoisotopic (exact) mass is 255 g/mol. The van der Waals surface area contributed by atoms with Crippen LogP contribution in [0.5, 0.6) is 0 Å². The average molecular weight is 255 g/mol. The van der Waals surface area contributed by atoms with Gasteiger partial charge in [0.2, 0.25) is 11.8 Å². The second kappa shape index (κ2) is 5.39. The predicted octanol–water partition coefficient (Wildman–Crippen LogP) is 2.10. The largest absolute Gasteiger partial charge is 0.396 e. The number of hydrogen-bond acceptors (Lipinski definition) is 3. The first kappa shape index (κ1) is 15.2. The lowest BCUT2D eigenvalue weighted by Crippen LogP contribution is -2.51. The van der Waals surface area contributed by atoms with Crippen LogP contribution < -0.4 is 0 Å². The van der Waals surface area contributed by atoms with E-state index in [0.717, 1.165) is 0 Å². The Labute approximate surface area is 109 Å². The van der Waals surface area contributed by atoms with Crippen molar-refractivity contribution in [2.75, 3.05) is 6.61 Å². The molecule has 1 atom stereocenters. The highest BCUT2D eigenvalue weighted by molar-refractivity contribution is 6.06. The van der Waals surface area contributed by atoms with E-state index in [4.69, 9.17) is 5.11 Å². The zero-order valence-corrected chi connectivity index (χ0v) is 12.0. The van der Waals surface area contributed by atoms with E-state index in [-0.39, 0.29) is 18.4 Å². The Hall–Kier alpha value is -0.900. The molecule has 4 heteroatoms. The molecule has 1 rings (SSSR count). The van der Waals surface area contributed by atoms with Crippen LogP contribution in [0.2, 0.25) is 0 Å². The molecule has 0 aromatic carbocycles. The Morgan fingerprint density at radius 3 is 2.17 bits per heavy atom. The number of rotatable bonds is 6. The number of carbonyl (C=O) groups excluding carboxylic acids is 2. The zero-order chi connectivity index (χ0) is 14.0. The third-order valence-corrected chi connectivity index (χ3v) is 4.70. The average Bonchev–Trinajstić information content (AvgIpc) is 2.61. The third-order valence-electron chi connectivity index (χ3n) is 4.70. The molecular formula is C14H25NO3. The lowest BCUT2D eigenvalue weighted by atomic mass is 9.80. The maximum absolute atomic E-state index is 12.6. The second-order valence-corrected chi connectivity index (χ2v) is 5.52. The third kappa shape index (κ3) is 2.18. The molecule has 1 fully saturated rings. The first-order chi connectivity index (χ1) is 8.40. The summed E-state index contributed by atoms with van der Waals surface area (Å²) in [6.07, 6.45) is 2.84. The second-order valence-electron chi connectivity index (χ2n) is 5.52. The Bertz CT molecular complexity index is 336. The quantitative estimate of drug-likeness (QED) is 0.739. The topological polar surface area (TPSA) is 57.6 Å². The van der Waals surface area contributed by atoms with Crippen LogP contribution in [0.25, 0.3) is 0 Å². The van der Waals surface area contributed by atoms with Crippen molar-refractivity contribution in [1.82, 2.24) is 4.90 Å². The Morgan fingerprint density at radius 1 is 1.28 bits per heavy atom. The molecule has 18 heavy (non-hydrogen) atoms. The van der Waals surface area contributed by atoms with Gasteiger partial charge in [-0.2, -0.15) is 0 Å². The Balaban J connectivity index is 3.11. The van der Waals surface area contributed by atoms with Crippen LogP contribution in [-0.2, 0) is 9.59 Å². The number of imide groups is 1. The Kier molecular flexibility index (Phi) is 4.54. The molecule has 0 radical (unpaired) electrons. The molecule has 104 valence electrons. The summed E-state index contributed by atoms with van der Waals surface area (Å²) in [5.74, 6) is -0.128. The van der Waals surface area contributed by atoms with Crippen molar-refractivity contribution in [3.63, 3.8) is 0 Å². The lowest BCUT2D eigenvalue weighted by molar-refractivity contribution is -0.149. The molecule has 1 heterocycles. The number of aliphatic hydroxyl groups is 1. The van der Waals surface area contributed by atoms with Gasteiger partial charge in [-0.25, -0.2) is 0 Å². The summed E-state index contributed by atoms with van der Waals surface area (Å²) in [5.41, 5.74) is -1.06. The molecule has 1 aliphatic rings. The molecule has 1 aliphatic heterocycles. The summed E-state index contributed by atoms with van der Waals surface area (Å²) < 4.78 is 0. The smallest absolute Gasteiger partial charge is 0.236 e. The van der Waals surface area contributed by atoms with Gasteiger partial charge < -0.3 is 5.11 Å². The molecule has 1 saturated heterocycles. The van der Waals surface area contributed by atoms with Gasteiger partial charge in [0, 0.05) is 18.6 Å². The van der Waals surface area contributed by atoms with Gasteiger partial charge in [-0.1, -0.05) is 20.8 Å². The van der Waals surface area contributed by atoms with Gasteiger partial charge >= 0.3 is 0 Å². The van der Waals surface area contributed by atoms with Crippen LogP contribution in [0, 0.1) is 5.41 Å². The number of carbonyl (C=O) groups is 2. The normalized spacial score (nSPS) is 22.4. The van der Waals surface area contributed by atoms with E-state index < -0.39 is 11.0 Å². The molecule has 2 amide bonds. The Morgan fingerprint density at radius 2 is 1.83 bits per heavy atom. The first-order valence-electron chi connectivity index (χ1n) is 6.89. The summed E-state index contributed by atoms with van der Waals surface area (Å²) >= 11 is 0. The molecule has 0 saturated carbocycles. The highest BCUT2D eigenvalue weighted by atomic mass is 16.3. The number of likely N-dealkylation sites (tertiary alicyclic amines) is 1. The van der Waals surface area contributed by atoms with Crippen molar-refractivity contribution in [2.45, 2.75) is 65.3 Å². The van der Waals surface area contributed by atoms with Crippen molar-refractivity contribution < 1.29 is 14.7 Å².